The molecule has 1 fully saturated rings. The number of carbonyl (C=O) groups excluding carboxylic acids is 3. The highest BCUT2D eigenvalue weighted by atomic mass is 35.5. The Balaban J connectivity index is 1.78. The van der Waals surface area contributed by atoms with E-state index in [1.165, 1.54) is 6.08 Å². The molecule has 1 unspecified atom stereocenters. The summed E-state index contributed by atoms with van der Waals surface area (Å²) < 4.78 is 0. The van der Waals surface area contributed by atoms with Crippen molar-refractivity contribution in [3.63, 3.8) is 0 Å². The number of hydrogen-bond donors (Lipinski definition) is 1. The maximum absolute atomic E-state index is 13.3. The summed E-state index contributed by atoms with van der Waals surface area (Å²) in [6, 6.07) is 8.50. The number of imide groups is 2. The fourth-order valence-corrected chi connectivity index (χ4v) is 5.05. The number of halogens is 1. The monoisotopic (exact) mass is 465 g/mol. The summed E-state index contributed by atoms with van der Waals surface area (Å²) >= 11 is 6.61. The Morgan fingerprint density at radius 3 is 2.33 bits per heavy atom. The van der Waals surface area contributed by atoms with E-state index in [1.807, 2.05) is 39.1 Å². The van der Waals surface area contributed by atoms with E-state index in [0.29, 0.717) is 16.3 Å². The lowest BCUT2D eigenvalue weighted by atomic mass is 9.80. The number of nitrogens with one attached hydrogen (secondary N) is 1. The molecule has 2 heterocycles. The van der Waals surface area contributed by atoms with E-state index in [0.717, 1.165) is 33.7 Å². The Labute approximate surface area is 199 Å². The minimum Gasteiger partial charge on any atom is -0.369 e. The van der Waals surface area contributed by atoms with E-state index in [1.54, 1.807) is 12.1 Å². The molecular weight excluding hydrogens is 438 g/mol. The number of fused-ring (bicyclic) bond motifs is 1. The maximum Gasteiger partial charge on any atom is 0.335 e. The zero-order valence-electron chi connectivity index (χ0n) is 19.7. The topological polar surface area (TPSA) is 69.7 Å². The first-order valence-electron chi connectivity index (χ1n) is 11.0. The van der Waals surface area contributed by atoms with Gasteiger partial charge in [-0.2, -0.15) is 0 Å². The minimum atomic E-state index is -0.763. The van der Waals surface area contributed by atoms with Crippen LogP contribution >= 0.6 is 11.6 Å². The van der Waals surface area contributed by atoms with Crippen LogP contribution in [0.1, 0.15) is 55.4 Å². The van der Waals surface area contributed by atoms with Gasteiger partial charge in [0, 0.05) is 23.3 Å². The quantitative estimate of drug-likeness (QED) is 0.479. The predicted molar refractivity (Wildman–Crippen MR) is 132 cm³/mol. The third-order valence-corrected chi connectivity index (χ3v) is 6.95. The molecular formula is C26H28ClN3O3. The van der Waals surface area contributed by atoms with Crippen LogP contribution in [-0.4, -0.2) is 30.4 Å². The lowest BCUT2D eigenvalue weighted by molar-refractivity contribution is -0.122. The molecule has 172 valence electrons. The van der Waals surface area contributed by atoms with Crippen LogP contribution in [0.3, 0.4) is 0 Å². The van der Waals surface area contributed by atoms with Gasteiger partial charge in [-0.15, -0.1) is 0 Å². The highest BCUT2D eigenvalue weighted by Gasteiger charge is 2.38. The van der Waals surface area contributed by atoms with Crippen molar-refractivity contribution in [1.82, 2.24) is 5.32 Å². The van der Waals surface area contributed by atoms with E-state index in [2.05, 4.69) is 31.0 Å². The van der Waals surface area contributed by atoms with E-state index in [-0.39, 0.29) is 17.0 Å². The number of anilines is 2. The maximum atomic E-state index is 13.3. The summed E-state index contributed by atoms with van der Waals surface area (Å²) in [5.74, 6) is -1.12. The summed E-state index contributed by atoms with van der Waals surface area (Å²) in [5, 5.41) is 2.72. The molecule has 0 saturated carbocycles. The fourth-order valence-electron chi connectivity index (χ4n) is 4.84. The molecule has 7 heteroatoms. The third-order valence-electron chi connectivity index (χ3n) is 6.62. The van der Waals surface area contributed by atoms with Crippen molar-refractivity contribution in [3.8, 4) is 0 Å². The van der Waals surface area contributed by atoms with Crippen LogP contribution in [0.4, 0.5) is 16.2 Å². The predicted octanol–water partition coefficient (Wildman–Crippen LogP) is 5.35. The molecule has 2 aromatic rings. The van der Waals surface area contributed by atoms with E-state index < -0.39 is 17.8 Å². The van der Waals surface area contributed by atoms with Gasteiger partial charge in [-0.05, 0) is 92.6 Å². The molecule has 0 radical (unpaired) electrons. The number of rotatable bonds is 2. The summed E-state index contributed by atoms with van der Waals surface area (Å²) in [4.78, 5) is 41.7. The average molecular weight is 466 g/mol. The van der Waals surface area contributed by atoms with Crippen molar-refractivity contribution in [2.24, 2.45) is 0 Å². The van der Waals surface area contributed by atoms with E-state index in [9.17, 15) is 14.4 Å². The lowest BCUT2D eigenvalue weighted by Crippen LogP contribution is -2.54. The van der Waals surface area contributed by atoms with Crippen molar-refractivity contribution >= 4 is 46.9 Å². The van der Waals surface area contributed by atoms with Gasteiger partial charge in [0.15, 0.2) is 0 Å². The molecule has 0 aromatic heterocycles. The summed E-state index contributed by atoms with van der Waals surface area (Å²) in [6.45, 7) is 10.3. The number of barbiturate groups is 1. The van der Waals surface area contributed by atoms with Gasteiger partial charge < -0.3 is 4.90 Å². The first-order chi connectivity index (χ1) is 15.4. The van der Waals surface area contributed by atoms with Crippen LogP contribution in [0.15, 0.2) is 35.9 Å². The number of urea groups is 1. The first-order valence-corrected chi connectivity index (χ1v) is 11.3. The van der Waals surface area contributed by atoms with Gasteiger partial charge in [0.2, 0.25) is 0 Å². The molecule has 1 atom stereocenters. The van der Waals surface area contributed by atoms with E-state index >= 15 is 0 Å². The Bertz CT molecular complexity index is 1210. The molecule has 0 bridgehead atoms. The SMILES string of the molecule is Cc1cc(C)cc(N2C(=O)NC(=O)/C(=C/c3cc4c(cc3Cl)N(C)C(C)(C)CC4C)C2=O)c1. The standard InChI is InChI=1S/C26H28ClN3O3/c1-14-7-15(2)9-18(8-14)30-24(32)20(23(31)28-25(30)33)11-17-10-19-16(3)13-26(4,5)29(6)22(19)12-21(17)27/h7-12,16H,13H2,1-6H3,(H,28,31,33)/b20-11-. The van der Waals surface area contributed by atoms with Crippen LogP contribution in [0.5, 0.6) is 0 Å². The molecule has 2 aliphatic heterocycles. The van der Waals surface area contributed by atoms with Gasteiger partial charge in [-0.1, -0.05) is 24.6 Å². The van der Waals surface area contributed by atoms with Gasteiger partial charge in [0.25, 0.3) is 11.8 Å². The van der Waals surface area contributed by atoms with E-state index in [4.69, 9.17) is 11.6 Å². The van der Waals surface area contributed by atoms with Crippen molar-refractivity contribution in [1.29, 1.82) is 0 Å². The first kappa shape index (κ1) is 23.1. The second kappa shape index (κ2) is 8.03. The second-order valence-corrected chi connectivity index (χ2v) is 10.1. The Kier molecular flexibility index (Phi) is 5.61. The molecule has 1 N–H and O–H groups in total. The lowest BCUT2D eigenvalue weighted by Gasteiger charge is -2.45. The number of carbonyl (C=O) groups is 3. The summed E-state index contributed by atoms with van der Waals surface area (Å²) in [7, 11) is 2.05. The highest BCUT2D eigenvalue weighted by molar-refractivity contribution is 6.40. The van der Waals surface area contributed by atoms with Crippen LogP contribution in [0.2, 0.25) is 5.02 Å². The Morgan fingerprint density at radius 2 is 1.70 bits per heavy atom. The smallest absolute Gasteiger partial charge is 0.335 e. The second-order valence-electron chi connectivity index (χ2n) is 9.71. The number of benzene rings is 2. The zero-order valence-corrected chi connectivity index (χ0v) is 20.5. The van der Waals surface area contributed by atoms with Crippen molar-refractivity contribution in [2.45, 2.75) is 52.5 Å². The molecule has 2 aliphatic rings. The van der Waals surface area contributed by atoms with Gasteiger partial charge in [0.1, 0.15) is 5.57 Å². The summed E-state index contributed by atoms with van der Waals surface area (Å²) in [6.07, 6.45) is 2.44. The van der Waals surface area contributed by atoms with Crippen LogP contribution < -0.4 is 15.1 Å². The highest BCUT2D eigenvalue weighted by Crippen LogP contribution is 2.44. The number of nitrogens with zero attached hydrogens (tertiary/aromatic N) is 2. The third kappa shape index (κ3) is 4.04. The Hall–Kier alpha value is -3.12. The van der Waals surface area contributed by atoms with Crippen LogP contribution in [0.25, 0.3) is 6.08 Å². The van der Waals surface area contributed by atoms with Gasteiger partial charge in [0.05, 0.1) is 5.69 Å². The van der Waals surface area contributed by atoms with Crippen molar-refractivity contribution in [3.05, 3.63) is 63.2 Å². The molecule has 33 heavy (non-hydrogen) atoms. The van der Waals surface area contributed by atoms with Gasteiger partial charge in [-0.3, -0.25) is 14.9 Å². The molecule has 4 amide bonds. The van der Waals surface area contributed by atoms with Gasteiger partial charge in [-0.25, -0.2) is 9.69 Å². The van der Waals surface area contributed by atoms with Crippen LogP contribution in [0, 0.1) is 13.8 Å². The van der Waals surface area contributed by atoms with Crippen molar-refractivity contribution < 1.29 is 14.4 Å². The summed E-state index contributed by atoms with van der Waals surface area (Å²) in [5.41, 5.74) is 4.82. The number of amides is 4. The van der Waals surface area contributed by atoms with Crippen molar-refractivity contribution in [2.75, 3.05) is 16.8 Å². The largest absolute Gasteiger partial charge is 0.369 e. The molecule has 1 saturated heterocycles. The Morgan fingerprint density at radius 1 is 1.06 bits per heavy atom. The molecule has 6 nitrogen and oxygen atoms in total. The number of aryl methyl sites for hydroxylation is 2. The minimum absolute atomic E-state index is 0.0121. The zero-order chi connectivity index (χ0) is 24.2. The molecule has 0 spiro atoms. The average Bonchev–Trinajstić information content (AvgIpc) is 2.69. The molecule has 0 aliphatic carbocycles. The number of hydrogen-bond acceptors (Lipinski definition) is 4. The molecule has 4 rings (SSSR count). The molecule has 2 aromatic carbocycles. The normalized spacial score (nSPS) is 21.4. The van der Waals surface area contributed by atoms with Crippen LogP contribution in [-0.2, 0) is 9.59 Å². The van der Waals surface area contributed by atoms with Gasteiger partial charge >= 0.3 is 6.03 Å². The fraction of sp³-hybridized carbons (Fsp3) is 0.346.